The smallest absolute Gasteiger partial charge is 0.406 e. The van der Waals surface area contributed by atoms with Gasteiger partial charge in [0, 0.05) is 0 Å². The van der Waals surface area contributed by atoms with Crippen LogP contribution in [-0.2, 0) is 25.7 Å². The normalized spacial score (nSPS) is 13.5. The third kappa shape index (κ3) is 11.5. The molecule has 0 fully saturated rings. The van der Waals surface area contributed by atoms with Gasteiger partial charge in [0.15, 0.2) is 0 Å². The molecular weight excluding hydrogens is 859 g/mol. The Hall–Kier alpha value is -6.30. The molecular formula is C53H44F10O2. The van der Waals surface area contributed by atoms with Crippen LogP contribution in [0.4, 0.5) is 43.9 Å². The van der Waals surface area contributed by atoms with Crippen LogP contribution in [0.2, 0.25) is 0 Å². The van der Waals surface area contributed by atoms with Gasteiger partial charge in [-0.1, -0.05) is 112 Å². The summed E-state index contributed by atoms with van der Waals surface area (Å²) in [5.41, 5.74) is 8.21. The number of aryl methyl sites for hydroxylation is 2. The molecule has 0 unspecified atom stereocenters. The first-order valence-corrected chi connectivity index (χ1v) is 21.3. The molecule has 0 aromatic heterocycles. The maximum atomic E-state index is 15.3. The van der Waals surface area contributed by atoms with Gasteiger partial charge in [-0.2, -0.15) is 0 Å². The molecule has 2 aliphatic rings. The van der Waals surface area contributed by atoms with E-state index in [2.05, 4.69) is 47.6 Å². The molecule has 6 aromatic rings. The first kappa shape index (κ1) is 46.7. The van der Waals surface area contributed by atoms with Gasteiger partial charge in [0.1, 0.15) is 34.8 Å². The van der Waals surface area contributed by atoms with Gasteiger partial charge in [0.05, 0.1) is 11.1 Å². The largest absolute Gasteiger partial charge is 0.573 e. The molecule has 0 atom stereocenters. The number of hydrogen-bond donors (Lipinski definition) is 0. The number of unbranched alkanes of at least 4 members (excludes halogenated alkanes) is 1. The predicted molar refractivity (Wildman–Crippen MR) is 235 cm³/mol. The van der Waals surface area contributed by atoms with Gasteiger partial charge in [-0.15, -0.1) is 26.3 Å². The van der Waals surface area contributed by atoms with Crippen molar-refractivity contribution in [3.8, 4) is 33.8 Å². The highest BCUT2D eigenvalue weighted by molar-refractivity contribution is 5.87. The third-order valence-corrected chi connectivity index (χ3v) is 11.4. The van der Waals surface area contributed by atoms with Gasteiger partial charge >= 0.3 is 12.7 Å². The maximum Gasteiger partial charge on any atom is 0.573 e. The summed E-state index contributed by atoms with van der Waals surface area (Å²) >= 11 is 0. The molecule has 0 aliphatic heterocycles. The van der Waals surface area contributed by atoms with E-state index >= 15 is 8.78 Å². The average molecular weight is 903 g/mol. The van der Waals surface area contributed by atoms with Crippen LogP contribution >= 0.6 is 0 Å². The van der Waals surface area contributed by atoms with Crippen molar-refractivity contribution >= 4 is 23.3 Å². The van der Waals surface area contributed by atoms with Gasteiger partial charge in [-0.05, 0) is 148 Å². The average Bonchev–Trinajstić information content (AvgIpc) is 3.26. The van der Waals surface area contributed by atoms with Gasteiger partial charge < -0.3 is 9.47 Å². The highest BCUT2D eigenvalue weighted by Crippen LogP contribution is 2.40. The summed E-state index contributed by atoms with van der Waals surface area (Å²) in [5.74, 6) is -3.78. The van der Waals surface area contributed by atoms with E-state index in [-0.39, 0.29) is 22.3 Å². The Morgan fingerprint density at radius 3 is 1.17 bits per heavy atom. The van der Waals surface area contributed by atoms with E-state index in [1.807, 2.05) is 36.4 Å². The van der Waals surface area contributed by atoms with Crippen molar-refractivity contribution in [3.05, 3.63) is 177 Å². The molecule has 0 saturated heterocycles. The fourth-order valence-corrected chi connectivity index (χ4v) is 8.23. The fourth-order valence-electron chi connectivity index (χ4n) is 8.23. The first-order chi connectivity index (χ1) is 31.0. The van der Waals surface area contributed by atoms with Crippen molar-refractivity contribution < 1.29 is 53.4 Å². The first-order valence-electron chi connectivity index (χ1n) is 21.3. The van der Waals surface area contributed by atoms with Crippen molar-refractivity contribution in [2.45, 2.75) is 84.4 Å². The number of ether oxygens (including phenoxy) is 2. The van der Waals surface area contributed by atoms with E-state index in [0.717, 1.165) is 78.6 Å². The summed E-state index contributed by atoms with van der Waals surface area (Å²) in [6, 6.07) is 28.2. The SMILES string of the molecule is CCCCc1ccc(C2=Cc3cc(F)c(-c4ccc(OC(F)(F)F)cc4)c(F)c3CC2)cc1.CCCc1ccc(C2=Cc3cc(F)c(-c4ccc(OC(F)(F)F)cc4)c(F)c3CC2)cc1. The van der Waals surface area contributed by atoms with E-state index in [9.17, 15) is 35.1 Å². The lowest BCUT2D eigenvalue weighted by molar-refractivity contribution is -0.275. The van der Waals surface area contributed by atoms with Crippen molar-refractivity contribution in [1.29, 1.82) is 0 Å². The van der Waals surface area contributed by atoms with Crippen LogP contribution in [0, 0.1) is 23.3 Å². The van der Waals surface area contributed by atoms with Crippen LogP contribution in [0.15, 0.2) is 109 Å². The summed E-state index contributed by atoms with van der Waals surface area (Å²) in [5, 5.41) is 0. The van der Waals surface area contributed by atoms with Crippen LogP contribution in [0.5, 0.6) is 11.5 Å². The van der Waals surface area contributed by atoms with E-state index in [0.29, 0.717) is 47.9 Å². The molecule has 0 N–H and O–H groups in total. The molecule has 0 heterocycles. The number of hydrogen-bond acceptors (Lipinski definition) is 2. The van der Waals surface area contributed by atoms with Crippen LogP contribution in [0.3, 0.4) is 0 Å². The molecule has 338 valence electrons. The quantitative estimate of drug-likeness (QED) is 0.121. The summed E-state index contributed by atoms with van der Waals surface area (Å²) in [4.78, 5) is 0. The topological polar surface area (TPSA) is 18.5 Å². The van der Waals surface area contributed by atoms with Crippen LogP contribution < -0.4 is 9.47 Å². The summed E-state index contributed by atoms with van der Waals surface area (Å²) < 4.78 is 142. The minimum absolute atomic E-state index is 0.151. The Labute approximate surface area is 370 Å². The lowest BCUT2D eigenvalue weighted by Gasteiger charge is -2.20. The highest BCUT2D eigenvalue weighted by atomic mass is 19.4. The Bertz CT molecular complexity index is 2680. The van der Waals surface area contributed by atoms with Crippen molar-refractivity contribution in [2.75, 3.05) is 0 Å². The Morgan fingerprint density at radius 2 is 0.815 bits per heavy atom. The summed E-state index contributed by atoms with van der Waals surface area (Å²) in [6.45, 7) is 4.27. The standard InChI is InChI=1S/C27H23F5O.C26H21F5O/c1-2-3-4-17-5-7-18(8-6-17)20-11-14-23-21(15-20)16-24(28)25(26(23)29)19-9-12-22(13-10-19)33-27(30,31)32;1-2-3-16-4-6-17(7-5-16)19-10-13-22-20(14-19)15-23(27)24(25(22)28)18-8-11-21(12-9-18)32-26(29,30)31/h5-10,12-13,15-16H,2-4,11,14H2,1H3;4-9,11-12,14-15H,2-3,10,13H2,1H3. The third-order valence-electron chi connectivity index (χ3n) is 11.4. The molecule has 0 amide bonds. The highest BCUT2D eigenvalue weighted by Gasteiger charge is 2.32. The van der Waals surface area contributed by atoms with E-state index in [1.165, 1.54) is 47.5 Å². The van der Waals surface area contributed by atoms with Crippen molar-refractivity contribution in [2.24, 2.45) is 0 Å². The predicted octanol–water partition coefficient (Wildman–Crippen LogP) is 16.3. The number of fused-ring (bicyclic) bond motifs is 2. The second-order valence-electron chi connectivity index (χ2n) is 16.0. The Morgan fingerprint density at radius 1 is 0.446 bits per heavy atom. The zero-order valence-electron chi connectivity index (χ0n) is 35.5. The fraction of sp³-hybridized carbons (Fsp3) is 0.245. The molecule has 65 heavy (non-hydrogen) atoms. The van der Waals surface area contributed by atoms with Crippen molar-refractivity contribution in [1.82, 2.24) is 0 Å². The monoisotopic (exact) mass is 902 g/mol. The number of rotatable bonds is 11. The van der Waals surface area contributed by atoms with E-state index in [1.54, 1.807) is 0 Å². The van der Waals surface area contributed by atoms with Gasteiger partial charge in [0.25, 0.3) is 0 Å². The van der Waals surface area contributed by atoms with Gasteiger partial charge in [-0.25, -0.2) is 17.6 Å². The number of benzene rings is 6. The second kappa shape index (κ2) is 19.8. The zero-order chi connectivity index (χ0) is 46.5. The minimum Gasteiger partial charge on any atom is -0.406 e. The molecule has 0 bridgehead atoms. The lowest BCUT2D eigenvalue weighted by atomic mass is 9.86. The summed E-state index contributed by atoms with van der Waals surface area (Å²) in [7, 11) is 0. The van der Waals surface area contributed by atoms with Crippen LogP contribution in [0.25, 0.3) is 45.6 Å². The Balaban J connectivity index is 0.000000194. The molecule has 2 aliphatic carbocycles. The van der Waals surface area contributed by atoms with Crippen LogP contribution in [0.1, 0.15) is 90.5 Å². The van der Waals surface area contributed by atoms with Crippen molar-refractivity contribution in [3.63, 3.8) is 0 Å². The van der Waals surface area contributed by atoms with E-state index < -0.39 is 47.5 Å². The molecule has 0 saturated carbocycles. The maximum absolute atomic E-state index is 15.3. The molecule has 0 radical (unpaired) electrons. The van der Waals surface area contributed by atoms with Gasteiger partial charge in [0.2, 0.25) is 0 Å². The summed E-state index contributed by atoms with van der Waals surface area (Å²) in [6.07, 6.45) is 1.37. The zero-order valence-corrected chi connectivity index (χ0v) is 35.5. The molecule has 12 heteroatoms. The molecule has 8 rings (SSSR count). The lowest BCUT2D eigenvalue weighted by Crippen LogP contribution is -2.17. The number of allylic oxidation sites excluding steroid dienone is 2. The van der Waals surface area contributed by atoms with Gasteiger partial charge in [-0.3, -0.25) is 0 Å². The molecule has 2 nitrogen and oxygen atoms in total. The Kier molecular flexibility index (Phi) is 14.2. The number of alkyl halides is 6. The molecule has 0 spiro atoms. The van der Waals surface area contributed by atoms with Crippen LogP contribution in [-0.4, -0.2) is 12.7 Å². The number of halogens is 10. The molecule has 6 aromatic carbocycles. The minimum atomic E-state index is -4.83. The second-order valence-corrected chi connectivity index (χ2v) is 16.0. The van der Waals surface area contributed by atoms with E-state index in [4.69, 9.17) is 0 Å².